The lowest BCUT2D eigenvalue weighted by Gasteiger charge is -2.01. The first kappa shape index (κ1) is 13.7. The predicted molar refractivity (Wildman–Crippen MR) is 67.3 cm³/mol. The molecule has 0 radical (unpaired) electrons. The first-order valence-corrected chi connectivity index (χ1v) is 5.64. The summed E-state index contributed by atoms with van der Waals surface area (Å²) in [5, 5.41) is 0.0296. The van der Waals surface area contributed by atoms with Crippen LogP contribution in [0.5, 0.6) is 0 Å². The van der Waals surface area contributed by atoms with Gasteiger partial charge in [0.25, 0.3) is 0 Å². The van der Waals surface area contributed by atoms with E-state index in [-0.39, 0.29) is 16.7 Å². The number of carbonyl (C=O) groups excluding carboxylic acids is 2. The van der Waals surface area contributed by atoms with Gasteiger partial charge >= 0.3 is 5.97 Å². The van der Waals surface area contributed by atoms with Crippen molar-refractivity contribution in [2.24, 2.45) is 0 Å². The SMILES string of the molecule is COC(=O)c1cccc(/C=C(\Cl)C(=O)CCl)c1. The molecule has 0 aliphatic carbocycles. The first-order chi connectivity index (χ1) is 8.08. The second-order valence-corrected chi connectivity index (χ2v) is 3.84. The average molecular weight is 273 g/mol. The highest BCUT2D eigenvalue weighted by molar-refractivity contribution is 6.48. The Morgan fingerprint density at radius 1 is 1.41 bits per heavy atom. The topological polar surface area (TPSA) is 43.4 Å². The summed E-state index contributed by atoms with van der Waals surface area (Å²) in [6.45, 7) is 0. The van der Waals surface area contributed by atoms with Crippen LogP contribution in [-0.4, -0.2) is 24.7 Å². The Labute approximate surface area is 109 Å². The molecule has 90 valence electrons. The summed E-state index contributed by atoms with van der Waals surface area (Å²) >= 11 is 11.1. The van der Waals surface area contributed by atoms with Crippen LogP contribution in [0, 0.1) is 0 Å². The van der Waals surface area contributed by atoms with Gasteiger partial charge in [0.2, 0.25) is 0 Å². The van der Waals surface area contributed by atoms with E-state index < -0.39 is 5.97 Å². The molecule has 0 saturated heterocycles. The van der Waals surface area contributed by atoms with Crippen LogP contribution in [0.15, 0.2) is 29.3 Å². The fraction of sp³-hybridized carbons (Fsp3) is 0.167. The summed E-state index contributed by atoms with van der Waals surface area (Å²) in [6, 6.07) is 6.58. The van der Waals surface area contributed by atoms with Crippen molar-refractivity contribution in [1.29, 1.82) is 0 Å². The lowest BCUT2D eigenvalue weighted by Crippen LogP contribution is -2.01. The lowest BCUT2D eigenvalue weighted by atomic mass is 10.1. The number of halogens is 2. The van der Waals surface area contributed by atoms with Crippen LogP contribution in [0.4, 0.5) is 0 Å². The molecule has 0 aromatic heterocycles. The molecule has 0 aliphatic heterocycles. The molecule has 0 N–H and O–H groups in total. The number of hydrogen-bond acceptors (Lipinski definition) is 3. The monoisotopic (exact) mass is 272 g/mol. The van der Waals surface area contributed by atoms with Crippen LogP contribution in [0.2, 0.25) is 0 Å². The maximum absolute atomic E-state index is 11.3. The summed E-state index contributed by atoms with van der Waals surface area (Å²) in [5.41, 5.74) is 1.03. The van der Waals surface area contributed by atoms with Crippen molar-refractivity contribution in [1.82, 2.24) is 0 Å². The number of carbonyl (C=O) groups is 2. The molecule has 1 rings (SSSR count). The number of alkyl halides is 1. The Hall–Kier alpha value is -1.32. The number of benzene rings is 1. The predicted octanol–water partition coefficient (Wildman–Crippen LogP) is 2.86. The smallest absolute Gasteiger partial charge is 0.337 e. The van der Waals surface area contributed by atoms with Gasteiger partial charge < -0.3 is 4.74 Å². The molecule has 1 aromatic rings. The standard InChI is InChI=1S/C12H10Cl2O3/c1-17-12(16)9-4-2-3-8(5-9)6-10(14)11(15)7-13/h2-6H,7H2,1H3/b10-6-. The molecule has 0 unspecified atom stereocenters. The van der Waals surface area contributed by atoms with Gasteiger partial charge in [0, 0.05) is 0 Å². The molecular formula is C12H10Cl2O3. The molecule has 0 aliphatic rings. The number of rotatable bonds is 4. The highest BCUT2D eigenvalue weighted by Crippen LogP contribution is 2.14. The molecule has 0 amide bonds. The van der Waals surface area contributed by atoms with Gasteiger partial charge in [0.15, 0.2) is 5.78 Å². The molecule has 17 heavy (non-hydrogen) atoms. The van der Waals surface area contributed by atoms with Gasteiger partial charge in [-0.25, -0.2) is 4.79 Å². The van der Waals surface area contributed by atoms with Crippen molar-refractivity contribution in [2.45, 2.75) is 0 Å². The summed E-state index contributed by atoms with van der Waals surface area (Å²) in [4.78, 5) is 22.4. The second-order valence-electron chi connectivity index (χ2n) is 3.17. The Morgan fingerprint density at radius 2 is 2.12 bits per heavy atom. The van der Waals surface area contributed by atoms with E-state index in [1.54, 1.807) is 24.3 Å². The molecule has 0 saturated carbocycles. The fourth-order valence-electron chi connectivity index (χ4n) is 1.16. The summed E-state index contributed by atoms with van der Waals surface area (Å²) < 4.78 is 4.58. The quantitative estimate of drug-likeness (QED) is 0.481. The van der Waals surface area contributed by atoms with Gasteiger partial charge in [0.05, 0.1) is 23.6 Å². The zero-order chi connectivity index (χ0) is 12.8. The summed E-state index contributed by atoms with van der Waals surface area (Å²) in [6.07, 6.45) is 1.46. The first-order valence-electron chi connectivity index (χ1n) is 4.73. The van der Waals surface area contributed by atoms with Gasteiger partial charge in [-0.05, 0) is 23.8 Å². The fourth-order valence-corrected chi connectivity index (χ4v) is 1.57. The second kappa shape index (κ2) is 6.42. The number of Topliss-reactive ketones (excluding diaryl/α,β-unsaturated/α-hetero) is 1. The third-order valence-electron chi connectivity index (χ3n) is 1.99. The number of hydrogen-bond donors (Lipinski definition) is 0. The lowest BCUT2D eigenvalue weighted by molar-refractivity contribution is -0.112. The molecule has 0 bridgehead atoms. The van der Waals surface area contributed by atoms with Gasteiger partial charge in [-0.1, -0.05) is 23.7 Å². The van der Waals surface area contributed by atoms with Crippen molar-refractivity contribution in [3.05, 3.63) is 40.4 Å². The van der Waals surface area contributed by atoms with E-state index in [1.165, 1.54) is 13.2 Å². The van der Waals surface area contributed by atoms with E-state index in [1.807, 2.05) is 0 Å². The molecule has 0 fully saturated rings. The van der Waals surface area contributed by atoms with E-state index in [0.29, 0.717) is 11.1 Å². The van der Waals surface area contributed by atoms with E-state index in [4.69, 9.17) is 23.2 Å². The molecule has 0 heterocycles. The molecule has 0 spiro atoms. The summed E-state index contributed by atoms with van der Waals surface area (Å²) in [5.74, 6) is -0.983. The maximum atomic E-state index is 11.3. The zero-order valence-corrected chi connectivity index (χ0v) is 10.6. The van der Waals surface area contributed by atoms with Crippen LogP contribution in [0.3, 0.4) is 0 Å². The van der Waals surface area contributed by atoms with Crippen LogP contribution in [0.1, 0.15) is 15.9 Å². The summed E-state index contributed by atoms with van der Waals surface area (Å²) in [7, 11) is 1.30. The van der Waals surface area contributed by atoms with Gasteiger partial charge in [-0.2, -0.15) is 0 Å². The third-order valence-corrected chi connectivity index (χ3v) is 2.55. The van der Waals surface area contributed by atoms with Crippen LogP contribution < -0.4 is 0 Å². The highest BCUT2D eigenvalue weighted by Gasteiger charge is 2.07. The minimum Gasteiger partial charge on any atom is -0.465 e. The van der Waals surface area contributed by atoms with Crippen molar-refractivity contribution in [3.8, 4) is 0 Å². The van der Waals surface area contributed by atoms with E-state index in [9.17, 15) is 9.59 Å². The number of allylic oxidation sites excluding steroid dienone is 1. The number of ether oxygens (including phenoxy) is 1. The van der Waals surface area contributed by atoms with Crippen LogP contribution in [-0.2, 0) is 9.53 Å². The maximum Gasteiger partial charge on any atom is 0.337 e. The largest absolute Gasteiger partial charge is 0.465 e. The van der Waals surface area contributed by atoms with Crippen molar-refractivity contribution in [3.63, 3.8) is 0 Å². The molecule has 5 heteroatoms. The minimum absolute atomic E-state index is 0.0296. The van der Waals surface area contributed by atoms with Crippen molar-refractivity contribution >= 4 is 41.0 Å². The van der Waals surface area contributed by atoms with Gasteiger partial charge in [0.1, 0.15) is 0 Å². The molecule has 0 atom stereocenters. The molecule has 1 aromatic carbocycles. The van der Waals surface area contributed by atoms with Gasteiger partial charge in [-0.3, -0.25) is 4.79 Å². The van der Waals surface area contributed by atoms with Crippen molar-refractivity contribution < 1.29 is 14.3 Å². The molecular weight excluding hydrogens is 263 g/mol. The highest BCUT2D eigenvalue weighted by atomic mass is 35.5. The van der Waals surface area contributed by atoms with Crippen molar-refractivity contribution in [2.75, 3.05) is 13.0 Å². The number of esters is 1. The van der Waals surface area contributed by atoms with E-state index in [0.717, 1.165) is 0 Å². The van der Waals surface area contributed by atoms with Crippen LogP contribution >= 0.6 is 23.2 Å². The third kappa shape index (κ3) is 3.88. The number of methoxy groups -OCH3 is 1. The van der Waals surface area contributed by atoms with E-state index in [2.05, 4.69) is 4.74 Å². The van der Waals surface area contributed by atoms with Crippen LogP contribution in [0.25, 0.3) is 6.08 Å². The normalized spacial score (nSPS) is 11.1. The van der Waals surface area contributed by atoms with E-state index >= 15 is 0 Å². The Morgan fingerprint density at radius 3 is 2.71 bits per heavy atom. The van der Waals surface area contributed by atoms with Gasteiger partial charge in [-0.15, -0.1) is 11.6 Å². The average Bonchev–Trinajstić information content (AvgIpc) is 2.37. The zero-order valence-electron chi connectivity index (χ0n) is 9.07. The molecule has 3 nitrogen and oxygen atoms in total. The number of ketones is 1. The Bertz CT molecular complexity index is 467. The Kier molecular flexibility index (Phi) is 5.19. The minimum atomic E-state index is -0.444. The Balaban J connectivity index is 3.00.